The van der Waals surface area contributed by atoms with E-state index in [0.29, 0.717) is 3.63 Å². The first kappa shape index (κ1) is 21.5. The van der Waals surface area contributed by atoms with Gasteiger partial charge in [-0.25, -0.2) is 0 Å². The van der Waals surface area contributed by atoms with Crippen molar-refractivity contribution in [1.82, 2.24) is 0 Å². The molecule has 0 spiro atoms. The molecular formula is C30H36Zr. The van der Waals surface area contributed by atoms with E-state index in [1.165, 1.54) is 47.9 Å². The van der Waals surface area contributed by atoms with Gasteiger partial charge in [0.2, 0.25) is 0 Å². The molecule has 0 aliphatic heterocycles. The minimum absolute atomic E-state index is 0.187. The average molecular weight is 488 g/mol. The van der Waals surface area contributed by atoms with Crippen LogP contribution in [0, 0.1) is 0 Å². The average Bonchev–Trinajstić information content (AvgIpc) is 3.29. The molecule has 1 fully saturated rings. The number of hydrogen-bond acceptors (Lipinski definition) is 0. The van der Waals surface area contributed by atoms with Gasteiger partial charge >= 0.3 is 197 Å². The molecule has 1 saturated carbocycles. The third-order valence-corrected chi connectivity index (χ3v) is 16.2. The topological polar surface area (TPSA) is 0 Å². The van der Waals surface area contributed by atoms with E-state index < -0.39 is 21.3 Å². The van der Waals surface area contributed by atoms with Crippen molar-refractivity contribution < 1.29 is 21.3 Å². The molecule has 160 valence electrons. The quantitative estimate of drug-likeness (QED) is 0.401. The Hall–Kier alpha value is -1.33. The van der Waals surface area contributed by atoms with Gasteiger partial charge in [-0.1, -0.05) is 0 Å². The van der Waals surface area contributed by atoms with E-state index in [0.717, 1.165) is 0 Å². The summed E-state index contributed by atoms with van der Waals surface area (Å²) < 4.78 is 4.45. The van der Waals surface area contributed by atoms with Crippen LogP contribution in [0.25, 0.3) is 11.1 Å². The fourth-order valence-corrected chi connectivity index (χ4v) is 14.8. The second-order valence-electron chi connectivity index (χ2n) is 11.7. The van der Waals surface area contributed by atoms with Crippen LogP contribution in [-0.2, 0) is 32.1 Å². The normalized spacial score (nSPS) is 18.0. The molecule has 0 radical (unpaired) electrons. The summed E-state index contributed by atoms with van der Waals surface area (Å²) in [6, 6.07) is 14.9. The SMILES string of the molecule is CC(C)(C)c1ccc2c(c1)[CH]([Zr]([C]1=CC=CC1)=[C]1CCC1)c1cc(C(C)(C)C)ccc1-2. The van der Waals surface area contributed by atoms with Crippen molar-refractivity contribution in [2.75, 3.05) is 0 Å². The molecule has 3 aliphatic carbocycles. The molecule has 0 aromatic heterocycles. The van der Waals surface area contributed by atoms with Crippen LogP contribution in [0.1, 0.15) is 93.1 Å². The van der Waals surface area contributed by atoms with Gasteiger partial charge in [-0.3, -0.25) is 0 Å². The van der Waals surface area contributed by atoms with Crippen molar-refractivity contribution in [1.29, 1.82) is 0 Å². The monoisotopic (exact) mass is 486 g/mol. The third kappa shape index (κ3) is 3.76. The summed E-state index contributed by atoms with van der Waals surface area (Å²) in [5, 5.41) is 0. The van der Waals surface area contributed by atoms with Gasteiger partial charge in [-0.05, 0) is 0 Å². The number of allylic oxidation sites excluding steroid dienone is 4. The van der Waals surface area contributed by atoms with Crippen LogP contribution >= 0.6 is 0 Å². The standard InChI is InChI=1S/C21H25.C5H5.C4H6.Zr/c1-20(2,3)16-7-9-18-14(12-16)11-15-13-17(21(4,5)6)8-10-19(15)18;1-2-4-5-3-1;1-2-4-3-1;/h7-13H,1-6H3;1-3H,4H2;1-3H2;. The van der Waals surface area contributed by atoms with E-state index in [-0.39, 0.29) is 10.8 Å². The van der Waals surface area contributed by atoms with Gasteiger partial charge in [0.25, 0.3) is 0 Å². The number of rotatable bonds is 2. The van der Waals surface area contributed by atoms with Crippen LogP contribution in [0.2, 0.25) is 0 Å². The van der Waals surface area contributed by atoms with Gasteiger partial charge in [0.05, 0.1) is 0 Å². The summed E-state index contributed by atoms with van der Waals surface area (Å²) in [6.45, 7) is 14.1. The molecule has 0 heterocycles. The second-order valence-corrected chi connectivity index (χ2v) is 18.5. The summed E-state index contributed by atoms with van der Waals surface area (Å²) in [5.41, 5.74) is 9.67. The first-order valence-corrected chi connectivity index (χ1v) is 15.9. The van der Waals surface area contributed by atoms with Gasteiger partial charge in [-0.2, -0.15) is 0 Å². The third-order valence-electron chi connectivity index (χ3n) is 7.49. The number of fused-ring (bicyclic) bond motifs is 3. The molecule has 0 amide bonds. The summed E-state index contributed by atoms with van der Waals surface area (Å²) in [4.78, 5) is 0. The van der Waals surface area contributed by atoms with Crippen LogP contribution in [0.4, 0.5) is 0 Å². The Balaban J connectivity index is 1.77. The van der Waals surface area contributed by atoms with Crippen molar-refractivity contribution >= 4 is 3.21 Å². The van der Waals surface area contributed by atoms with E-state index in [9.17, 15) is 0 Å². The Kier molecular flexibility index (Phi) is 5.29. The molecule has 0 N–H and O–H groups in total. The zero-order valence-electron chi connectivity index (χ0n) is 20.1. The summed E-state index contributed by atoms with van der Waals surface area (Å²) in [7, 11) is 0. The van der Waals surface area contributed by atoms with Crippen molar-refractivity contribution in [3.8, 4) is 11.1 Å². The van der Waals surface area contributed by atoms with E-state index in [1.807, 2.05) is 6.49 Å². The van der Waals surface area contributed by atoms with Gasteiger partial charge in [0.15, 0.2) is 0 Å². The predicted octanol–water partition coefficient (Wildman–Crippen LogP) is 8.17. The fourth-order valence-electron chi connectivity index (χ4n) is 5.39. The second kappa shape index (κ2) is 7.62. The van der Waals surface area contributed by atoms with E-state index in [2.05, 4.69) is 96.2 Å². The maximum atomic E-state index is 2.60. The van der Waals surface area contributed by atoms with E-state index in [4.69, 9.17) is 0 Å². The van der Waals surface area contributed by atoms with Crippen molar-refractivity contribution in [2.24, 2.45) is 0 Å². The molecule has 0 nitrogen and oxygen atoms in total. The Morgan fingerprint density at radius 1 is 0.774 bits per heavy atom. The molecule has 1 heteroatoms. The van der Waals surface area contributed by atoms with Crippen LogP contribution in [0.3, 0.4) is 0 Å². The van der Waals surface area contributed by atoms with Gasteiger partial charge in [0, 0.05) is 0 Å². The van der Waals surface area contributed by atoms with Gasteiger partial charge in [-0.15, -0.1) is 0 Å². The van der Waals surface area contributed by atoms with Crippen molar-refractivity contribution in [3.05, 3.63) is 80.2 Å². The molecule has 0 atom stereocenters. The van der Waals surface area contributed by atoms with E-state index in [1.54, 1.807) is 11.1 Å². The molecule has 5 rings (SSSR count). The predicted molar refractivity (Wildman–Crippen MR) is 132 cm³/mol. The summed E-state index contributed by atoms with van der Waals surface area (Å²) >= 11 is -2.00. The van der Waals surface area contributed by atoms with Crippen LogP contribution in [0.5, 0.6) is 0 Å². The van der Waals surface area contributed by atoms with E-state index >= 15 is 0 Å². The Morgan fingerprint density at radius 3 is 1.71 bits per heavy atom. The molecule has 3 aliphatic rings. The molecule has 2 aromatic carbocycles. The van der Waals surface area contributed by atoms with Crippen molar-refractivity contribution in [2.45, 2.75) is 81.7 Å². The zero-order chi connectivity index (χ0) is 22.0. The van der Waals surface area contributed by atoms with Crippen molar-refractivity contribution in [3.63, 3.8) is 0 Å². The van der Waals surface area contributed by atoms with Crippen LogP contribution in [0.15, 0.2) is 57.9 Å². The fraction of sp³-hybridized carbons (Fsp3) is 0.433. The first-order valence-electron chi connectivity index (χ1n) is 12.0. The first-order chi connectivity index (χ1) is 14.6. The molecular weight excluding hydrogens is 452 g/mol. The maximum absolute atomic E-state index is 2.60. The number of benzene rings is 2. The molecule has 2 aromatic rings. The zero-order valence-corrected chi connectivity index (χ0v) is 22.6. The molecule has 31 heavy (non-hydrogen) atoms. The summed E-state index contributed by atoms with van der Waals surface area (Å²) in [6.07, 6.45) is 12.6. The number of hydrogen-bond donors (Lipinski definition) is 0. The van der Waals surface area contributed by atoms with Gasteiger partial charge in [0.1, 0.15) is 0 Å². The Morgan fingerprint density at radius 2 is 1.32 bits per heavy atom. The molecule has 0 bridgehead atoms. The van der Waals surface area contributed by atoms with Crippen LogP contribution in [-0.4, -0.2) is 3.21 Å². The van der Waals surface area contributed by atoms with Crippen LogP contribution < -0.4 is 0 Å². The molecule has 0 unspecified atom stereocenters. The summed E-state index contributed by atoms with van der Waals surface area (Å²) in [5.74, 6) is 0. The van der Waals surface area contributed by atoms with Gasteiger partial charge < -0.3 is 0 Å². The Labute approximate surface area is 196 Å². The molecule has 0 saturated heterocycles. The minimum atomic E-state index is -2.00. The Bertz CT molecular complexity index is 1070.